The minimum atomic E-state index is 0. The zero-order chi connectivity index (χ0) is 41.0. The minimum absolute atomic E-state index is 0. The smallest absolute Gasteiger partial charge is 1.00 e. The van der Waals surface area contributed by atoms with Crippen LogP contribution in [-0.4, -0.2) is 0 Å². The van der Waals surface area contributed by atoms with Crippen LogP contribution in [-0.2, 0) is 24.7 Å². The van der Waals surface area contributed by atoms with E-state index in [-0.39, 0.29) is 30.2 Å². The molecule has 60 heavy (non-hydrogen) atoms. The number of aryl methyl sites for hydroxylation is 6. The minimum Gasteiger partial charge on any atom is -1.00 e. The van der Waals surface area contributed by atoms with Crippen LogP contribution in [0.5, 0.6) is 0 Å². The molecule has 0 amide bonds. The molecule has 3 heteroatoms. The van der Waals surface area contributed by atoms with Gasteiger partial charge in [0.15, 0.2) is 0 Å². The van der Waals surface area contributed by atoms with Gasteiger partial charge in [-0.05, 0) is 0 Å². The van der Waals surface area contributed by atoms with Crippen molar-refractivity contribution in [1.29, 1.82) is 0 Å². The van der Waals surface area contributed by atoms with E-state index in [0.29, 0.717) is 5.92 Å². The maximum atomic E-state index is 2.63. The standard InChI is InChI=1S/C57H57.2ClH.Zr/c1-11-12-19-43-31-46(57(8,9)10)33-48(43)55-50-32-45-30-44(52-37(4)26-35(2)27-38(52)5)24-25-47(45)49(50)34-51(56(55)53-39(6)28-36(3)29-40(53)7)54(41-20-15-13-16-21-41)42-22-17-14-18-23-42;;;/h13-18,20-31,33-34,43H,11-12,19H2,1-10H3;2*1H;/q;;;+2/p-2. The van der Waals surface area contributed by atoms with Crippen molar-refractivity contribution in [3.63, 3.8) is 0 Å². The van der Waals surface area contributed by atoms with Crippen LogP contribution in [0.3, 0.4) is 0 Å². The van der Waals surface area contributed by atoms with Crippen LogP contribution < -0.4 is 35.3 Å². The van der Waals surface area contributed by atoms with Gasteiger partial charge in [-0.15, -0.1) is 0 Å². The summed E-state index contributed by atoms with van der Waals surface area (Å²) < 4.78 is 1.46. The van der Waals surface area contributed by atoms with Crippen molar-refractivity contribution in [2.45, 2.75) is 88.5 Å². The van der Waals surface area contributed by atoms with Gasteiger partial charge in [0.05, 0.1) is 0 Å². The molecule has 0 aromatic heterocycles. The fraction of sp³-hybridized carbons (Fsp3) is 0.263. The van der Waals surface area contributed by atoms with Gasteiger partial charge in [0, 0.05) is 0 Å². The summed E-state index contributed by atoms with van der Waals surface area (Å²) in [5.74, 6) is 0.343. The second kappa shape index (κ2) is 18.2. The van der Waals surface area contributed by atoms with Crippen LogP contribution in [0.1, 0.15) is 103 Å². The van der Waals surface area contributed by atoms with Gasteiger partial charge < -0.3 is 24.8 Å². The van der Waals surface area contributed by atoms with E-state index in [1.54, 1.807) is 0 Å². The summed E-state index contributed by atoms with van der Waals surface area (Å²) in [6.07, 6.45) is 8.78. The fourth-order valence-electron chi connectivity index (χ4n) is 10.1. The maximum Gasteiger partial charge on any atom is -1.00 e. The normalized spacial score (nSPS) is 14.2. The van der Waals surface area contributed by atoms with Gasteiger partial charge in [0.1, 0.15) is 0 Å². The van der Waals surface area contributed by atoms with Crippen LogP contribution in [0, 0.1) is 52.9 Å². The van der Waals surface area contributed by atoms with Crippen molar-refractivity contribution < 1.29 is 49.5 Å². The molecule has 6 aromatic rings. The largest absolute Gasteiger partial charge is 1.00 e. The van der Waals surface area contributed by atoms with Gasteiger partial charge in [-0.2, -0.15) is 0 Å². The molecule has 0 saturated carbocycles. The topological polar surface area (TPSA) is 0 Å². The molecular weight excluding hydrogens is 847 g/mol. The van der Waals surface area contributed by atoms with Gasteiger partial charge in [-0.3, -0.25) is 0 Å². The molecule has 0 N–H and O–H groups in total. The second-order valence-electron chi connectivity index (χ2n) is 18.1. The summed E-state index contributed by atoms with van der Waals surface area (Å²) >= 11 is 1.45. The van der Waals surface area contributed by atoms with Crippen LogP contribution in [0.2, 0.25) is 0 Å². The zero-order valence-corrected chi connectivity index (χ0v) is 41.0. The Morgan fingerprint density at radius 2 is 1.12 bits per heavy atom. The van der Waals surface area contributed by atoms with E-state index < -0.39 is 0 Å². The molecule has 2 aliphatic rings. The first-order chi connectivity index (χ1) is 27.8. The summed E-state index contributed by atoms with van der Waals surface area (Å²) in [7, 11) is 0. The number of unbranched alkanes of at least 4 members (excludes halogenated alkanes) is 1. The predicted molar refractivity (Wildman–Crippen MR) is 246 cm³/mol. The van der Waals surface area contributed by atoms with E-state index in [0.717, 1.165) is 6.42 Å². The van der Waals surface area contributed by atoms with Crippen molar-refractivity contribution in [2.75, 3.05) is 0 Å². The molecule has 303 valence electrons. The Bertz CT molecular complexity index is 2710. The quantitative estimate of drug-likeness (QED) is 0.146. The summed E-state index contributed by atoms with van der Waals surface area (Å²) in [4.78, 5) is 0. The predicted octanol–water partition coefficient (Wildman–Crippen LogP) is 7.99. The van der Waals surface area contributed by atoms with E-state index >= 15 is 0 Å². The summed E-state index contributed by atoms with van der Waals surface area (Å²) in [5.41, 5.74) is 25.7. The molecule has 8 rings (SSSR count). The maximum absolute atomic E-state index is 2.63. The zero-order valence-electron chi connectivity index (χ0n) is 37.0. The van der Waals surface area contributed by atoms with Gasteiger partial charge >= 0.3 is 365 Å². The van der Waals surface area contributed by atoms with E-state index in [2.05, 4.69) is 191 Å². The number of rotatable bonds is 8. The molecule has 0 nitrogen and oxygen atoms in total. The van der Waals surface area contributed by atoms with E-state index in [4.69, 9.17) is 0 Å². The van der Waals surface area contributed by atoms with Crippen LogP contribution in [0.15, 0.2) is 127 Å². The van der Waals surface area contributed by atoms with E-state index in [1.165, 1.54) is 157 Å². The number of hydrogen-bond acceptors (Lipinski definition) is 0. The molecule has 0 spiro atoms. The summed E-state index contributed by atoms with van der Waals surface area (Å²) in [5, 5.41) is 2.75. The SMILES string of the molecule is CCCCC1C=C(C(C)(C)C)C=C1c1c(-c2c(C)cc(C)cc2C)c(=C(c2ccccc2)c2ccccc2)cc2c1=[C]([Zr+2])c1cc(-c3c(C)cc(C)cc3C)ccc1-2.[Cl-].[Cl-]. The fourth-order valence-corrected chi connectivity index (χ4v) is 11.2. The molecule has 0 bridgehead atoms. The molecule has 0 fully saturated rings. The Morgan fingerprint density at radius 3 is 1.63 bits per heavy atom. The molecule has 1 atom stereocenters. The number of hydrogen-bond donors (Lipinski definition) is 0. The Kier molecular flexibility index (Phi) is 13.8. The van der Waals surface area contributed by atoms with Crippen molar-refractivity contribution in [3.05, 3.63) is 193 Å². The third-order valence-electron chi connectivity index (χ3n) is 12.6. The first kappa shape index (κ1) is 45.5. The molecule has 6 aromatic carbocycles. The molecule has 0 radical (unpaired) electrons. The number of fused-ring (bicyclic) bond motifs is 3. The monoisotopic (exact) mass is 901 g/mol. The molecule has 0 aliphatic heterocycles. The van der Waals surface area contributed by atoms with Gasteiger partial charge in [-0.25, -0.2) is 0 Å². The van der Waals surface area contributed by atoms with Crippen molar-refractivity contribution >= 4 is 14.4 Å². The molecule has 0 heterocycles. The Hall–Kier alpha value is -4.00. The molecule has 0 saturated heterocycles. The Labute approximate surface area is 387 Å². The Balaban J connectivity index is 0.00000302. The number of benzene rings is 6. The first-order valence-electron chi connectivity index (χ1n) is 21.3. The first-order valence-corrected chi connectivity index (χ1v) is 22.5. The second-order valence-corrected chi connectivity index (χ2v) is 19.3. The van der Waals surface area contributed by atoms with Gasteiger partial charge in [-0.1, -0.05) is 0 Å². The Morgan fingerprint density at radius 1 is 0.583 bits per heavy atom. The van der Waals surface area contributed by atoms with Crippen molar-refractivity contribution in [3.8, 4) is 33.4 Å². The summed E-state index contributed by atoms with van der Waals surface area (Å²) in [6.45, 7) is 23.2. The molecule has 1 unspecified atom stereocenters. The van der Waals surface area contributed by atoms with E-state index in [1.807, 2.05) is 0 Å². The van der Waals surface area contributed by atoms with Crippen LogP contribution >= 0.6 is 0 Å². The van der Waals surface area contributed by atoms with Crippen LogP contribution in [0.4, 0.5) is 0 Å². The average Bonchev–Trinajstić information content (AvgIpc) is 3.73. The van der Waals surface area contributed by atoms with Gasteiger partial charge in [0.25, 0.3) is 0 Å². The van der Waals surface area contributed by atoms with Crippen molar-refractivity contribution in [1.82, 2.24) is 0 Å². The molecular formula is C57H57Cl2Zr. The van der Waals surface area contributed by atoms with Crippen molar-refractivity contribution in [2.24, 2.45) is 11.3 Å². The third kappa shape index (κ3) is 8.32. The van der Waals surface area contributed by atoms with E-state index in [9.17, 15) is 0 Å². The number of halogens is 2. The summed E-state index contributed by atoms with van der Waals surface area (Å²) in [6, 6.07) is 41.7. The van der Waals surface area contributed by atoms with Crippen LogP contribution in [0.25, 0.3) is 47.8 Å². The number of allylic oxidation sites excluding steroid dienone is 4. The van der Waals surface area contributed by atoms with Gasteiger partial charge in [0.2, 0.25) is 0 Å². The third-order valence-corrected chi connectivity index (χ3v) is 13.8. The average molecular weight is 904 g/mol. The molecule has 2 aliphatic carbocycles.